The molecule has 0 bridgehead atoms. The first-order chi connectivity index (χ1) is 10.2. The van der Waals surface area contributed by atoms with E-state index in [-0.39, 0.29) is 11.4 Å². The van der Waals surface area contributed by atoms with E-state index in [1.807, 2.05) is 0 Å². The topological polar surface area (TPSA) is 80.9 Å². The lowest BCUT2D eigenvalue weighted by Crippen LogP contribution is -2.04. The van der Waals surface area contributed by atoms with Gasteiger partial charge in [0.05, 0.1) is 11.4 Å². The number of nitrogens with zero attached hydrogens (tertiary/aromatic N) is 4. The van der Waals surface area contributed by atoms with Crippen LogP contribution in [0.1, 0.15) is 10.5 Å². The van der Waals surface area contributed by atoms with Crippen LogP contribution in [0.15, 0.2) is 48.7 Å². The number of halogens is 1. The van der Waals surface area contributed by atoms with Crippen molar-refractivity contribution in [1.29, 1.82) is 0 Å². The minimum atomic E-state index is -1.22. The molecular weight excluding hydrogens is 275 g/mol. The molecule has 6 nitrogen and oxygen atoms in total. The van der Waals surface area contributed by atoms with E-state index in [0.29, 0.717) is 11.4 Å². The lowest BCUT2D eigenvalue weighted by molar-refractivity contribution is 0.0691. The molecule has 3 aromatic rings. The molecule has 1 aromatic carbocycles. The molecule has 0 saturated carbocycles. The fourth-order valence-electron chi connectivity index (χ4n) is 1.95. The highest BCUT2D eigenvalue weighted by Gasteiger charge is 2.22. The first-order valence-corrected chi connectivity index (χ1v) is 6.03. The zero-order valence-corrected chi connectivity index (χ0v) is 10.6. The maximum atomic E-state index is 13.4. The summed E-state index contributed by atoms with van der Waals surface area (Å²) in [6.07, 6.45) is 1.53. The SMILES string of the molecule is O=C(O)c1nnn(-c2cccc(F)c2)c1-c1ccccn1. The molecule has 0 spiro atoms. The van der Waals surface area contributed by atoms with Gasteiger partial charge in [0.1, 0.15) is 11.5 Å². The Hall–Kier alpha value is -3.09. The fraction of sp³-hybridized carbons (Fsp3) is 0. The predicted octanol–water partition coefficient (Wildman–Crippen LogP) is 2.17. The third-order valence-corrected chi connectivity index (χ3v) is 2.83. The molecular formula is C14H9FN4O2. The van der Waals surface area contributed by atoms with Crippen LogP contribution in [0.5, 0.6) is 0 Å². The van der Waals surface area contributed by atoms with Crippen LogP contribution in [-0.2, 0) is 0 Å². The van der Waals surface area contributed by atoms with Crippen molar-refractivity contribution in [3.63, 3.8) is 0 Å². The monoisotopic (exact) mass is 284 g/mol. The minimum Gasteiger partial charge on any atom is -0.476 e. The van der Waals surface area contributed by atoms with Crippen LogP contribution in [0.4, 0.5) is 4.39 Å². The molecule has 0 atom stereocenters. The third-order valence-electron chi connectivity index (χ3n) is 2.83. The first kappa shape index (κ1) is 12.9. The Morgan fingerprint density at radius 1 is 1.19 bits per heavy atom. The Morgan fingerprint density at radius 3 is 2.71 bits per heavy atom. The number of hydrogen-bond donors (Lipinski definition) is 1. The Bertz CT molecular complexity index is 802. The molecule has 21 heavy (non-hydrogen) atoms. The minimum absolute atomic E-state index is 0.203. The lowest BCUT2D eigenvalue weighted by Gasteiger charge is -2.06. The van der Waals surface area contributed by atoms with Crippen molar-refractivity contribution >= 4 is 5.97 Å². The van der Waals surface area contributed by atoms with Crippen molar-refractivity contribution in [1.82, 2.24) is 20.0 Å². The van der Waals surface area contributed by atoms with Crippen molar-refractivity contribution in [2.75, 3.05) is 0 Å². The molecule has 3 rings (SSSR count). The summed E-state index contributed by atoms with van der Waals surface area (Å²) in [5.74, 6) is -1.68. The highest BCUT2D eigenvalue weighted by molar-refractivity contribution is 5.92. The van der Waals surface area contributed by atoms with E-state index in [4.69, 9.17) is 0 Å². The second kappa shape index (κ2) is 5.12. The molecule has 104 valence electrons. The summed E-state index contributed by atoms with van der Waals surface area (Å²) in [5.41, 5.74) is 0.728. The van der Waals surface area contributed by atoms with Gasteiger partial charge in [0.2, 0.25) is 0 Å². The van der Waals surface area contributed by atoms with Gasteiger partial charge >= 0.3 is 5.97 Å². The average Bonchev–Trinajstić information content (AvgIpc) is 2.93. The third kappa shape index (κ3) is 2.36. The summed E-state index contributed by atoms with van der Waals surface area (Å²) in [6, 6.07) is 10.7. The normalized spacial score (nSPS) is 10.5. The highest BCUT2D eigenvalue weighted by Crippen LogP contribution is 2.23. The Morgan fingerprint density at radius 2 is 2.05 bits per heavy atom. The number of carbonyl (C=O) groups is 1. The van der Waals surface area contributed by atoms with Gasteiger partial charge in [-0.15, -0.1) is 5.10 Å². The van der Waals surface area contributed by atoms with E-state index in [9.17, 15) is 14.3 Å². The van der Waals surface area contributed by atoms with Gasteiger partial charge in [0, 0.05) is 6.20 Å². The van der Waals surface area contributed by atoms with E-state index in [1.165, 1.54) is 29.1 Å². The molecule has 0 aliphatic rings. The molecule has 0 aliphatic carbocycles. The second-order valence-electron chi connectivity index (χ2n) is 4.20. The zero-order chi connectivity index (χ0) is 14.8. The van der Waals surface area contributed by atoms with Crippen molar-refractivity contribution in [2.24, 2.45) is 0 Å². The summed E-state index contributed by atoms with van der Waals surface area (Å²) in [6.45, 7) is 0. The van der Waals surface area contributed by atoms with Crippen LogP contribution < -0.4 is 0 Å². The van der Waals surface area contributed by atoms with Crippen LogP contribution in [0.2, 0.25) is 0 Å². The summed E-state index contributed by atoms with van der Waals surface area (Å²) < 4.78 is 14.6. The van der Waals surface area contributed by atoms with Crippen LogP contribution in [-0.4, -0.2) is 31.1 Å². The van der Waals surface area contributed by atoms with E-state index in [2.05, 4.69) is 15.3 Å². The highest BCUT2D eigenvalue weighted by atomic mass is 19.1. The van der Waals surface area contributed by atoms with Crippen molar-refractivity contribution in [3.05, 3.63) is 60.2 Å². The molecule has 0 unspecified atom stereocenters. The first-order valence-electron chi connectivity index (χ1n) is 6.03. The smallest absolute Gasteiger partial charge is 0.358 e. The number of aromatic carboxylic acids is 1. The van der Waals surface area contributed by atoms with E-state index in [1.54, 1.807) is 24.3 Å². The van der Waals surface area contributed by atoms with Crippen molar-refractivity contribution in [2.45, 2.75) is 0 Å². The number of rotatable bonds is 3. The zero-order valence-electron chi connectivity index (χ0n) is 10.6. The van der Waals surface area contributed by atoms with E-state index < -0.39 is 11.8 Å². The predicted molar refractivity (Wildman–Crippen MR) is 71.5 cm³/mol. The largest absolute Gasteiger partial charge is 0.476 e. The van der Waals surface area contributed by atoms with Crippen LogP contribution in [0, 0.1) is 5.82 Å². The number of carboxylic acids is 1. The molecule has 2 heterocycles. The van der Waals surface area contributed by atoms with Crippen LogP contribution in [0.25, 0.3) is 17.1 Å². The molecule has 2 aromatic heterocycles. The number of pyridine rings is 1. The summed E-state index contributed by atoms with van der Waals surface area (Å²) in [4.78, 5) is 15.4. The van der Waals surface area contributed by atoms with Crippen molar-refractivity contribution < 1.29 is 14.3 Å². The summed E-state index contributed by atoms with van der Waals surface area (Å²) in [7, 11) is 0. The summed E-state index contributed by atoms with van der Waals surface area (Å²) in [5, 5.41) is 16.7. The number of aromatic nitrogens is 4. The summed E-state index contributed by atoms with van der Waals surface area (Å²) >= 11 is 0. The quantitative estimate of drug-likeness (QED) is 0.797. The molecule has 0 fully saturated rings. The van der Waals surface area contributed by atoms with Gasteiger partial charge in [0.15, 0.2) is 5.69 Å². The second-order valence-corrected chi connectivity index (χ2v) is 4.20. The standard InChI is InChI=1S/C14H9FN4O2/c15-9-4-3-5-10(8-9)19-13(11-6-1-2-7-16-11)12(14(20)21)17-18-19/h1-8H,(H,20,21). The van der Waals surface area contributed by atoms with Crippen LogP contribution >= 0.6 is 0 Å². The average molecular weight is 284 g/mol. The number of hydrogen-bond acceptors (Lipinski definition) is 4. The van der Waals surface area contributed by atoms with Gasteiger partial charge < -0.3 is 5.11 Å². The van der Waals surface area contributed by atoms with E-state index in [0.717, 1.165) is 0 Å². The molecule has 7 heteroatoms. The number of benzene rings is 1. The maximum absolute atomic E-state index is 13.4. The maximum Gasteiger partial charge on any atom is 0.358 e. The lowest BCUT2D eigenvalue weighted by atomic mass is 10.2. The molecule has 0 amide bonds. The van der Waals surface area contributed by atoms with Crippen LogP contribution in [0.3, 0.4) is 0 Å². The van der Waals surface area contributed by atoms with Gasteiger partial charge in [-0.05, 0) is 30.3 Å². The molecule has 0 radical (unpaired) electrons. The van der Waals surface area contributed by atoms with Gasteiger partial charge in [-0.3, -0.25) is 4.98 Å². The molecule has 1 N–H and O–H groups in total. The Kier molecular flexibility index (Phi) is 3.15. The fourth-order valence-corrected chi connectivity index (χ4v) is 1.95. The van der Waals surface area contributed by atoms with Gasteiger partial charge in [-0.1, -0.05) is 17.3 Å². The molecule has 0 aliphatic heterocycles. The Labute approximate surface area is 118 Å². The van der Waals surface area contributed by atoms with Gasteiger partial charge in [0.25, 0.3) is 0 Å². The van der Waals surface area contributed by atoms with Crippen molar-refractivity contribution in [3.8, 4) is 17.1 Å². The Balaban J connectivity index is 2.25. The molecule has 0 saturated heterocycles. The van der Waals surface area contributed by atoms with Gasteiger partial charge in [-0.2, -0.15) is 0 Å². The number of carboxylic acid groups (broad SMARTS) is 1. The van der Waals surface area contributed by atoms with Gasteiger partial charge in [-0.25, -0.2) is 13.9 Å². The van der Waals surface area contributed by atoms with E-state index >= 15 is 0 Å².